The molecular formula is C13H14BrClN2. The molecule has 1 heterocycles. The number of benzene rings is 1. The Balaban J connectivity index is 2.40. The van der Waals surface area contributed by atoms with E-state index in [0.29, 0.717) is 11.1 Å². The zero-order valence-electron chi connectivity index (χ0n) is 9.82. The summed E-state index contributed by atoms with van der Waals surface area (Å²) in [6.07, 6.45) is 0.942. The molecule has 0 unspecified atom stereocenters. The van der Waals surface area contributed by atoms with E-state index < -0.39 is 0 Å². The summed E-state index contributed by atoms with van der Waals surface area (Å²) < 4.78 is 2.75. The van der Waals surface area contributed by atoms with Gasteiger partial charge >= 0.3 is 0 Å². The van der Waals surface area contributed by atoms with Gasteiger partial charge in [-0.2, -0.15) is 5.10 Å². The summed E-state index contributed by atoms with van der Waals surface area (Å²) in [4.78, 5) is 0. The summed E-state index contributed by atoms with van der Waals surface area (Å²) in [5, 5.41) is 5.18. The summed E-state index contributed by atoms with van der Waals surface area (Å²) in [6, 6.07) is 9.85. The first-order chi connectivity index (χ1) is 8.08. The molecule has 90 valence electrons. The molecule has 1 aromatic heterocycles. The molecule has 0 radical (unpaired) electrons. The van der Waals surface area contributed by atoms with E-state index in [0.717, 1.165) is 22.3 Å². The average Bonchev–Trinajstić information content (AvgIpc) is 2.59. The number of nitrogens with zero attached hydrogens (tertiary/aromatic N) is 2. The van der Waals surface area contributed by atoms with Crippen molar-refractivity contribution in [2.24, 2.45) is 5.92 Å². The topological polar surface area (TPSA) is 17.8 Å². The molecule has 0 spiro atoms. The second-order valence-corrected chi connectivity index (χ2v) is 5.66. The molecule has 0 amide bonds. The number of hydrogen-bond acceptors (Lipinski definition) is 1. The van der Waals surface area contributed by atoms with Gasteiger partial charge in [0.25, 0.3) is 0 Å². The maximum Gasteiger partial charge on any atom is 0.133 e. The zero-order valence-corrected chi connectivity index (χ0v) is 12.2. The van der Waals surface area contributed by atoms with Crippen LogP contribution in [0.1, 0.15) is 19.5 Å². The fourth-order valence-corrected chi connectivity index (χ4v) is 2.42. The molecule has 0 bridgehead atoms. The molecule has 2 aromatic rings. The Morgan fingerprint density at radius 3 is 2.71 bits per heavy atom. The van der Waals surface area contributed by atoms with Crippen LogP contribution in [0.15, 0.2) is 34.8 Å². The van der Waals surface area contributed by atoms with Crippen LogP contribution in [0, 0.1) is 5.92 Å². The Kier molecular flexibility index (Phi) is 3.89. The third kappa shape index (κ3) is 2.90. The van der Waals surface area contributed by atoms with Crippen LogP contribution in [0.25, 0.3) is 5.69 Å². The van der Waals surface area contributed by atoms with Crippen molar-refractivity contribution in [1.82, 2.24) is 9.78 Å². The Bertz CT molecular complexity index is 520. The molecule has 0 saturated carbocycles. The molecule has 17 heavy (non-hydrogen) atoms. The monoisotopic (exact) mass is 312 g/mol. The molecule has 4 heteroatoms. The van der Waals surface area contributed by atoms with E-state index in [1.165, 1.54) is 0 Å². The lowest BCUT2D eigenvalue weighted by Crippen LogP contribution is -2.00. The first-order valence-electron chi connectivity index (χ1n) is 5.57. The van der Waals surface area contributed by atoms with E-state index in [4.69, 9.17) is 11.6 Å². The minimum Gasteiger partial charge on any atom is -0.221 e. The van der Waals surface area contributed by atoms with Crippen molar-refractivity contribution in [3.63, 3.8) is 0 Å². The van der Waals surface area contributed by atoms with Gasteiger partial charge in [0, 0.05) is 4.47 Å². The van der Waals surface area contributed by atoms with Gasteiger partial charge in [0.2, 0.25) is 0 Å². The van der Waals surface area contributed by atoms with E-state index >= 15 is 0 Å². The third-order valence-corrected chi connectivity index (χ3v) is 3.35. The van der Waals surface area contributed by atoms with Gasteiger partial charge < -0.3 is 0 Å². The summed E-state index contributed by atoms with van der Waals surface area (Å²) in [5.41, 5.74) is 1.99. The van der Waals surface area contributed by atoms with E-state index in [1.807, 2.05) is 30.3 Å². The highest BCUT2D eigenvalue weighted by Crippen LogP contribution is 2.24. The van der Waals surface area contributed by atoms with Crippen molar-refractivity contribution in [2.45, 2.75) is 20.3 Å². The summed E-state index contributed by atoms with van der Waals surface area (Å²) in [7, 11) is 0. The normalized spacial score (nSPS) is 11.1. The summed E-state index contributed by atoms with van der Waals surface area (Å²) >= 11 is 9.72. The maximum atomic E-state index is 6.21. The highest BCUT2D eigenvalue weighted by atomic mass is 79.9. The minimum absolute atomic E-state index is 0.577. The second kappa shape index (κ2) is 5.23. The van der Waals surface area contributed by atoms with Crippen LogP contribution in [-0.4, -0.2) is 9.78 Å². The summed E-state index contributed by atoms with van der Waals surface area (Å²) in [6.45, 7) is 4.34. The predicted octanol–water partition coefficient (Wildman–Crippen LogP) is 4.49. The number of rotatable bonds is 3. The molecule has 1 aromatic carbocycles. The van der Waals surface area contributed by atoms with E-state index in [9.17, 15) is 0 Å². The molecule has 2 nitrogen and oxygen atoms in total. The molecule has 0 aliphatic heterocycles. The molecule has 0 fully saturated rings. The van der Waals surface area contributed by atoms with Crippen LogP contribution in [0.4, 0.5) is 0 Å². The van der Waals surface area contributed by atoms with Gasteiger partial charge in [-0.3, -0.25) is 0 Å². The Morgan fingerprint density at radius 2 is 2.06 bits per heavy atom. The van der Waals surface area contributed by atoms with Crippen molar-refractivity contribution in [2.75, 3.05) is 0 Å². The van der Waals surface area contributed by atoms with Gasteiger partial charge in [0.15, 0.2) is 0 Å². The highest BCUT2D eigenvalue weighted by Gasteiger charge is 2.10. The number of para-hydroxylation sites is 1. The zero-order chi connectivity index (χ0) is 12.4. The lowest BCUT2D eigenvalue weighted by atomic mass is 10.1. The summed E-state index contributed by atoms with van der Waals surface area (Å²) in [5.74, 6) is 0.577. The Morgan fingerprint density at radius 1 is 1.35 bits per heavy atom. The molecule has 0 aliphatic rings. The molecule has 0 saturated heterocycles. The van der Waals surface area contributed by atoms with Crippen molar-refractivity contribution < 1.29 is 0 Å². The Labute approximate surface area is 115 Å². The van der Waals surface area contributed by atoms with Crippen LogP contribution in [0.5, 0.6) is 0 Å². The van der Waals surface area contributed by atoms with E-state index in [1.54, 1.807) is 4.68 Å². The third-order valence-electron chi connectivity index (χ3n) is 2.41. The Hall–Kier alpha value is -0.800. The van der Waals surface area contributed by atoms with Gasteiger partial charge in [-0.05, 0) is 46.5 Å². The number of halogens is 2. The standard InChI is InChI=1S/C13H14BrClN2/c1-9(2)7-10-8-13(15)17(16-10)12-6-4-3-5-11(12)14/h3-6,8-9H,7H2,1-2H3. The largest absolute Gasteiger partial charge is 0.221 e. The second-order valence-electron chi connectivity index (χ2n) is 4.42. The van der Waals surface area contributed by atoms with Gasteiger partial charge in [-0.1, -0.05) is 37.6 Å². The van der Waals surface area contributed by atoms with E-state index in [-0.39, 0.29) is 0 Å². The van der Waals surface area contributed by atoms with Crippen molar-refractivity contribution in [1.29, 1.82) is 0 Å². The molecule has 0 N–H and O–H groups in total. The lowest BCUT2D eigenvalue weighted by molar-refractivity contribution is 0.628. The molecule has 0 aliphatic carbocycles. The molecule has 2 rings (SSSR count). The van der Waals surface area contributed by atoms with Gasteiger partial charge in [-0.15, -0.1) is 0 Å². The van der Waals surface area contributed by atoms with Crippen LogP contribution >= 0.6 is 27.5 Å². The number of aromatic nitrogens is 2. The van der Waals surface area contributed by atoms with Crippen LogP contribution in [-0.2, 0) is 6.42 Å². The van der Waals surface area contributed by atoms with Crippen molar-refractivity contribution >= 4 is 27.5 Å². The van der Waals surface area contributed by atoms with Crippen LogP contribution < -0.4 is 0 Å². The van der Waals surface area contributed by atoms with Gasteiger partial charge in [0.1, 0.15) is 5.15 Å². The first kappa shape index (κ1) is 12.7. The fraction of sp³-hybridized carbons (Fsp3) is 0.308. The smallest absolute Gasteiger partial charge is 0.133 e. The SMILES string of the molecule is CC(C)Cc1cc(Cl)n(-c2ccccc2Br)n1. The van der Waals surface area contributed by atoms with Crippen molar-refractivity contribution in [3.8, 4) is 5.69 Å². The van der Waals surface area contributed by atoms with Gasteiger partial charge in [-0.25, -0.2) is 4.68 Å². The fourth-order valence-electron chi connectivity index (χ4n) is 1.71. The highest BCUT2D eigenvalue weighted by molar-refractivity contribution is 9.10. The molecular weight excluding hydrogens is 300 g/mol. The van der Waals surface area contributed by atoms with Crippen LogP contribution in [0.2, 0.25) is 5.15 Å². The maximum absolute atomic E-state index is 6.21. The van der Waals surface area contributed by atoms with Crippen LogP contribution in [0.3, 0.4) is 0 Å². The van der Waals surface area contributed by atoms with Crippen molar-refractivity contribution in [3.05, 3.63) is 45.7 Å². The average molecular weight is 314 g/mol. The first-order valence-corrected chi connectivity index (χ1v) is 6.74. The van der Waals surface area contributed by atoms with E-state index in [2.05, 4.69) is 34.9 Å². The molecule has 0 atom stereocenters. The number of hydrogen-bond donors (Lipinski definition) is 0. The minimum atomic E-state index is 0.577. The lowest BCUT2D eigenvalue weighted by Gasteiger charge is -2.05. The predicted molar refractivity (Wildman–Crippen MR) is 74.8 cm³/mol. The quantitative estimate of drug-likeness (QED) is 0.816. The van der Waals surface area contributed by atoms with Gasteiger partial charge in [0.05, 0.1) is 11.4 Å².